The highest BCUT2D eigenvalue weighted by Gasteiger charge is 2.08. The lowest BCUT2D eigenvalue weighted by Gasteiger charge is -2.01. The number of ketones is 1. The van der Waals surface area contributed by atoms with Gasteiger partial charge < -0.3 is 0 Å². The molecule has 0 spiro atoms. The standard InChI is InChI=1S/C13H9N3O/c14-16-15-12-8-4-7-11(9-12)13(17)10-5-2-1-3-6-10/h1-9H. The Morgan fingerprint density at radius 2 is 1.71 bits per heavy atom. The summed E-state index contributed by atoms with van der Waals surface area (Å²) >= 11 is 0. The molecule has 0 radical (unpaired) electrons. The molecule has 0 amide bonds. The van der Waals surface area contributed by atoms with Gasteiger partial charge >= 0.3 is 0 Å². The number of carbonyl (C=O) groups is 1. The molecular weight excluding hydrogens is 214 g/mol. The van der Waals surface area contributed by atoms with Crippen LogP contribution in [0.2, 0.25) is 0 Å². The van der Waals surface area contributed by atoms with E-state index in [0.29, 0.717) is 16.8 Å². The van der Waals surface area contributed by atoms with Gasteiger partial charge in [-0.2, -0.15) is 0 Å². The van der Waals surface area contributed by atoms with E-state index in [0.717, 1.165) is 0 Å². The minimum atomic E-state index is -0.0828. The molecule has 82 valence electrons. The minimum Gasteiger partial charge on any atom is -0.289 e. The van der Waals surface area contributed by atoms with Gasteiger partial charge in [0.2, 0.25) is 0 Å². The van der Waals surface area contributed by atoms with Crippen LogP contribution in [0.15, 0.2) is 59.7 Å². The minimum absolute atomic E-state index is 0.0828. The summed E-state index contributed by atoms with van der Waals surface area (Å²) in [5.74, 6) is -0.0828. The third-order valence-electron chi connectivity index (χ3n) is 2.30. The Labute approximate surface area is 98.1 Å². The molecule has 0 aromatic heterocycles. The zero-order valence-corrected chi connectivity index (χ0v) is 8.95. The van der Waals surface area contributed by atoms with Crippen LogP contribution in [0.4, 0.5) is 5.69 Å². The fraction of sp³-hybridized carbons (Fsp3) is 0. The Hall–Kier alpha value is -2.58. The molecule has 0 bridgehead atoms. The lowest BCUT2D eigenvalue weighted by Crippen LogP contribution is -2.00. The van der Waals surface area contributed by atoms with Gasteiger partial charge in [-0.05, 0) is 11.6 Å². The normalized spacial score (nSPS) is 9.41. The predicted molar refractivity (Wildman–Crippen MR) is 65.1 cm³/mol. The molecule has 0 N–H and O–H groups in total. The first-order valence-corrected chi connectivity index (χ1v) is 5.06. The molecule has 0 saturated heterocycles. The lowest BCUT2D eigenvalue weighted by atomic mass is 10.0. The average molecular weight is 223 g/mol. The van der Waals surface area contributed by atoms with Crippen molar-refractivity contribution in [2.24, 2.45) is 5.11 Å². The Morgan fingerprint density at radius 3 is 2.41 bits per heavy atom. The Bertz CT molecular complexity index is 587. The van der Waals surface area contributed by atoms with Crippen LogP contribution >= 0.6 is 0 Å². The van der Waals surface area contributed by atoms with Crippen molar-refractivity contribution in [1.29, 1.82) is 0 Å². The first kappa shape index (κ1) is 10.9. The maximum Gasteiger partial charge on any atom is 0.193 e. The van der Waals surface area contributed by atoms with Crippen LogP contribution in [0, 0.1) is 0 Å². The molecule has 2 rings (SSSR count). The van der Waals surface area contributed by atoms with Crippen molar-refractivity contribution >= 4 is 11.5 Å². The smallest absolute Gasteiger partial charge is 0.193 e. The second-order valence-electron chi connectivity index (χ2n) is 3.43. The summed E-state index contributed by atoms with van der Waals surface area (Å²) < 4.78 is 0. The molecule has 4 nitrogen and oxygen atoms in total. The van der Waals surface area contributed by atoms with Crippen LogP contribution in [0.3, 0.4) is 0 Å². The second-order valence-corrected chi connectivity index (χ2v) is 3.43. The van der Waals surface area contributed by atoms with E-state index < -0.39 is 0 Å². The van der Waals surface area contributed by atoms with Crippen LogP contribution in [0.1, 0.15) is 15.9 Å². The molecular formula is C13H9N3O. The first-order valence-electron chi connectivity index (χ1n) is 5.06. The molecule has 0 unspecified atom stereocenters. The van der Waals surface area contributed by atoms with Crippen LogP contribution in [0.5, 0.6) is 0 Å². The molecule has 0 aliphatic carbocycles. The quantitative estimate of drug-likeness (QED) is 0.337. The molecule has 0 heterocycles. The molecule has 0 aliphatic heterocycles. The predicted octanol–water partition coefficient (Wildman–Crippen LogP) is 3.86. The number of hydrogen-bond donors (Lipinski definition) is 0. The van der Waals surface area contributed by atoms with Gasteiger partial charge in [-0.3, -0.25) is 4.79 Å². The van der Waals surface area contributed by atoms with E-state index in [9.17, 15) is 4.79 Å². The van der Waals surface area contributed by atoms with Crippen LogP contribution in [-0.4, -0.2) is 5.78 Å². The van der Waals surface area contributed by atoms with E-state index in [2.05, 4.69) is 10.0 Å². The highest BCUT2D eigenvalue weighted by Crippen LogP contribution is 2.17. The molecule has 0 aliphatic rings. The topological polar surface area (TPSA) is 65.8 Å². The van der Waals surface area contributed by atoms with Crippen molar-refractivity contribution in [3.05, 3.63) is 76.2 Å². The zero-order chi connectivity index (χ0) is 12.1. The van der Waals surface area contributed by atoms with Gasteiger partial charge in [-0.25, -0.2) is 0 Å². The van der Waals surface area contributed by atoms with Crippen LogP contribution in [0.25, 0.3) is 10.4 Å². The Balaban J connectivity index is 2.38. The van der Waals surface area contributed by atoms with E-state index in [1.807, 2.05) is 18.2 Å². The fourth-order valence-corrected chi connectivity index (χ4v) is 1.52. The van der Waals surface area contributed by atoms with Crippen molar-refractivity contribution in [2.75, 3.05) is 0 Å². The number of rotatable bonds is 3. The number of nitrogens with zero attached hydrogens (tertiary/aromatic N) is 3. The van der Waals surface area contributed by atoms with Gasteiger partial charge in [0.25, 0.3) is 0 Å². The van der Waals surface area contributed by atoms with Crippen molar-refractivity contribution in [3.63, 3.8) is 0 Å². The second kappa shape index (κ2) is 4.96. The molecule has 17 heavy (non-hydrogen) atoms. The summed E-state index contributed by atoms with van der Waals surface area (Å²) in [6, 6.07) is 15.6. The maximum atomic E-state index is 12.1. The molecule has 0 atom stereocenters. The average Bonchev–Trinajstić information content (AvgIpc) is 2.40. The summed E-state index contributed by atoms with van der Waals surface area (Å²) in [7, 11) is 0. The van der Waals surface area contributed by atoms with Gasteiger partial charge in [0.1, 0.15) is 0 Å². The van der Waals surface area contributed by atoms with Crippen LogP contribution < -0.4 is 0 Å². The number of carbonyl (C=O) groups excluding carboxylic acids is 1. The van der Waals surface area contributed by atoms with Crippen molar-refractivity contribution in [1.82, 2.24) is 0 Å². The lowest BCUT2D eigenvalue weighted by molar-refractivity contribution is 0.103. The van der Waals surface area contributed by atoms with Crippen molar-refractivity contribution in [3.8, 4) is 0 Å². The van der Waals surface area contributed by atoms with Gasteiger partial charge in [0.15, 0.2) is 5.78 Å². The van der Waals surface area contributed by atoms with Gasteiger partial charge in [-0.15, -0.1) is 0 Å². The third-order valence-corrected chi connectivity index (χ3v) is 2.30. The highest BCUT2D eigenvalue weighted by molar-refractivity contribution is 6.09. The number of hydrogen-bond acceptors (Lipinski definition) is 2. The SMILES string of the molecule is [N-]=[N+]=Nc1cccc(C(=O)c2ccccc2)c1. The summed E-state index contributed by atoms with van der Waals surface area (Å²) in [5.41, 5.74) is 9.91. The summed E-state index contributed by atoms with van der Waals surface area (Å²) in [6.07, 6.45) is 0. The first-order chi connectivity index (χ1) is 8.31. The molecule has 2 aromatic rings. The van der Waals surface area contributed by atoms with Gasteiger partial charge in [-0.1, -0.05) is 53.6 Å². The summed E-state index contributed by atoms with van der Waals surface area (Å²) in [6.45, 7) is 0. The maximum absolute atomic E-state index is 12.1. The molecule has 2 aromatic carbocycles. The largest absolute Gasteiger partial charge is 0.289 e. The molecule has 0 fully saturated rings. The van der Waals surface area contributed by atoms with Gasteiger partial charge in [0.05, 0.1) is 0 Å². The summed E-state index contributed by atoms with van der Waals surface area (Å²) in [4.78, 5) is 14.8. The Kier molecular flexibility index (Phi) is 3.19. The van der Waals surface area contributed by atoms with E-state index in [4.69, 9.17) is 5.53 Å². The van der Waals surface area contributed by atoms with Gasteiger partial charge in [0, 0.05) is 21.7 Å². The zero-order valence-electron chi connectivity index (χ0n) is 8.95. The monoisotopic (exact) mass is 223 g/mol. The number of azide groups is 1. The Morgan fingerprint density at radius 1 is 1.00 bits per heavy atom. The van der Waals surface area contributed by atoms with E-state index >= 15 is 0 Å². The number of benzene rings is 2. The van der Waals surface area contributed by atoms with E-state index in [1.165, 1.54) is 0 Å². The van der Waals surface area contributed by atoms with Crippen LogP contribution in [-0.2, 0) is 0 Å². The third kappa shape index (κ3) is 2.51. The van der Waals surface area contributed by atoms with Crippen molar-refractivity contribution < 1.29 is 4.79 Å². The summed E-state index contributed by atoms with van der Waals surface area (Å²) in [5, 5.41) is 3.47. The van der Waals surface area contributed by atoms with Crippen molar-refractivity contribution in [2.45, 2.75) is 0 Å². The highest BCUT2D eigenvalue weighted by atomic mass is 16.1. The van der Waals surface area contributed by atoms with E-state index in [1.54, 1.807) is 36.4 Å². The fourth-order valence-electron chi connectivity index (χ4n) is 1.52. The van der Waals surface area contributed by atoms with E-state index in [-0.39, 0.29) is 5.78 Å². The molecule has 4 heteroatoms. The molecule has 0 saturated carbocycles.